The molecule has 5 heterocycles. The number of anilines is 1. The monoisotopic (exact) mass is 366 g/mol. The first-order chi connectivity index (χ1) is 13.1. The quantitative estimate of drug-likeness (QED) is 0.693. The van der Waals surface area contributed by atoms with E-state index in [1.165, 1.54) is 24.0 Å². The van der Waals surface area contributed by atoms with Gasteiger partial charge in [0.1, 0.15) is 11.8 Å². The van der Waals surface area contributed by atoms with E-state index in [0.29, 0.717) is 12.3 Å². The molecule has 142 valence electrons. The third-order valence-electron chi connectivity index (χ3n) is 5.79. The van der Waals surface area contributed by atoms with Gasteiger partial charge in [0.15, 0.2) is 11.4 Å². The molecule has 1 saturated heterocycles. The first-order valence-electron chi connectivity index (χ1n) is 10.0. The molecule has 3 aromatic heterocycles. The summed E-state index contributed by atoms with van der Waals surface area (Å²) in [5.41, 5.74) is 5.81. The smallest absolute Gasteiger partial charge is 0.229 e. The average molecular weight is 366 g/mol. The lowest BCUT2D eigenvalue weighted by atomic mass is 9.88. The molecule has 0 spiro atoms. The fourth-order valence-corrected chi connectivity index (χ4v) is 4.46. The molecule has 0 atom stereocenters. The van der Waals surface area contributed by atoms with Crippen LogP contribution < -0.4 is 4.90 Å². The Morgan fingerprint density at radius 1 is 1.15 bits per heavy atom. The fourth-order valence-electron chi connectivity index (χ4n) is 4.46. The number of pyridine rings is 1. The molecule has 2 aliphatic heterocycles. The summed E-state index contributed by atoms with van der Waals surface area (Å²) in [6.07, 6.45) is 6.89. The minimum Gasteiger partial charge on any atom is -0.432 e. The van der Waals surface area contributed by atoms with Crippen molar-refractivity contribution in [3.8, 4) is 0 Å². The Hall–Kier alpha value is -2.21. The molecule has 0 aliphatic carbocycles. The molecule has 0 amide bonds. The Morgan fingerprint density at radius 2 is 1.96 bits per heavy atom. The van der Waals surface area contributed by atoms with Gasteiger partial charge in [-0.2, -0.15) is 0 Å². The Balaban J connectivity index is 1.80. The van der Waals surface area contributed by atoms with Crippen LogP contribution in [0.3, 0.4) is 0 Å². The van der Waals surface area contributed by atoms with E-state index in [9.17, 15) is 0 Å². The predicted molar refractivity (Wildman–Crippen MR) is 105 cm³/mol. The minimum atomic E-state index is -0.195. The van der Waals surface area contributed by atoms with E-state index >= 15 is 0 Å². The van der Waals surface area contributed by atoms with Crippen LogP contribution in [0.15, 0.2) is 10.7 Å². The highest BCUT2D eigenvalue weighted by Crippen LogP contribution is 2.40. The number of hydrogen-bond donors (Lipinski definition) is 0. The molecule has 0 N–H and O–H groups in total. The highest BCUT2D eigenvalue weighted by atomic mass is 16.5. The summed E-state index contributed by atoms with van der Waals surface area (Å²) in [5, 5.41) is 1.05. The number of aromatic nitrogens is 3. The molecule has 0 aromatic carbocycles. The van der Waals surface area contributed by atoms with Crippen molar-refractivity contribution in [2.75, 3.05) is 18.0 Å². The van der Waals surface area contributed by atoms with Gasteiger partial charge < -0.3 is 14.1 Å². The van der Waals surface area contributed by atoms with Crippen molar-refractivity contribution in [2.24, 2.45) is 0 Å². The summed E-state index contributed by atoms with van der Waals surface area (Å²) >= 11 is 0. The summed E-state index contributed by atoms with van der Waals surface area (Å²) in [6, 6.07) is 0. The van der Waals surface area contributed by atoms with Gasteiger partial charge >= 0.3 is 0 Å². The normalized spacial score (nSPS) is 19.1. The molecular formula is C21H26N4O2. The first-order valence-corrected chi connectivity index (χ1v) is 10.0. The minimum absolute atomic E-state index is 0.195. The Kier molecular flexibility index (Phi) is 3.86. The van der Waals surface area contributed by atoms with Crippen LogP contribution in [0.1, 0.15) is 56.9 Å². The van der Waals surface area contributed by atoms with Crippen LogP contribution in [0.25, 0.3) is 22.2 Å². The molecule has 2 aliphatic rings. The second-order valence-corrected chi connectivity index (χ2v) is 8.34. The van der Waals surface area contributed by atoms with Crippen molar-refractivity contribution >= 4 is 28.0 Å². The van der Waals surface area contributed by atoms with E-state index in [1.54, 1.807) is 6.33 Å². The number of ether oxygens (including phenoxy) is 1. The van der Waals surface area contributed by atoms with Crippen molar-refractivity contribution < 1.29 is 9.15 Å². The van der Waals surface area contributed by atoms with Crippen LogP contribution in [-0.4, -0.2) is 33.6 Å². The largest absolute Gasteiger partial charge is 0.432 e. The van der Waals surface area contributed by atoms with E-state index in [4.69, 9.17) is 14.1 Å². The van der Waals surface area contributed by atoms with E-state index in [1.807, 2.05) is 0 Å². The third-order valence-corrected chi connectivity index (χ3v) is 5.79. The van der Waals surface area contributed by atoms with Crippen LogP contribution in [0.5, 0.6) is 0 Å². The van der Waals surface area contributed by atoms with Crippen LogP contribution >= 0.6 is 0 Å². The second-order valence-electron chi connectivity index (χ2n) is 8.34. The number of furan rings is 1. The number of nitrogens with zero attached hydrogens (tertiary/aromatic N) is 4. The van der Waals surface area contributed by atoms with Gasteiger partial charge in [-0.1, -0.05) is 13.3 Å². The van der Waals surface area contributed by atoms with Gasteiger partial charge in [0.05, 0.1) is 23.3 Å². The molecule has 3 aromatic rings. The molecule has 6 heteroatoms. The number of hydrogen-bond acceptors (Lipinski definition) is 6. The van der Waals surface area contributed by atoms with Crippen LogP contribution in [0.2, 0.25) is 0 Å². The number of fused-ring (bicyclic) bond motifs is 5. The summed E-state index contributed by atoms with van der Waals surface area (Å²) in [6.45, 7) is 9.13. The molecule has 5 rings (SSSR count). The highest BCUT2D eigenvalue weighted by Gasteiger charge is 2.32. The zero-order valence-corrected chi connectivity index (χ0v) is 16.3. The molecule has 27 heavy (non-hydrogen) atoms. The zero-order chi connectivity index (χ0) is 18.6. The lowest BCUT2D eigenvalue weighted by molar-refractivity contribution is -0.0401. The van der Waals surface area contributed by atoms with Crippen LogP contribution in [0.4, 0.5) is 5.82 Å². The van der Waals surface area contributed by atoms with Gasteiger partial charge in [0.2, 0.25) is 5.71 Å². The van der Waals surface area contributed by atoms with Crippen molar-refractivity contribution in [2.45, 2.75) is 65.1 Å². The standard InChI is InChI=1S/C21H26N4O2/c1-4-7-15-14-11-26-21(2,3)10-13(14)16-17-18(27-20(16)24-15)19(23-12-22-17)25-8-5-6-9-25/h12H,4-11H2,1-3H3. The molecule has 0 saturated carbocycles. The summed E-state index contributed by atoms with van der Waals surface area (Å²) in [4.78, 5) is 16.4. The van der Waals surface area contributed by atoms with Gasteiger partial charge in [0.25, 0.3) is 0 Å². The number of rotatable bonds is 3. The van der Waals surface area contributed by atoms with Crippen molar-refractivity contribution in [3.05, 3.63) is 23.1 Å². The maximum Gasteiger partial charge on any atom is 0.229 e. The third kappa shape index (κ3) is 2.69. The maximum atomic E-state index is 6.30. The van der Waals surface area contributed by atoms with Crippen molar-refractivity contribution in [1.29, 1.82) is 0 Å². The first kappa shape index (κ1) is 16.9. The fraction of sp³-hybridized carbons (Fsp3) is 0.571. The Morgan fingerprint density at radius 3 is 2.74 bits per heavy atom. The average Bonchev–Trinajstić information content (AvgIpc) is 3.28. The lowest BCUT2D eigenvalue weighted by Gasteiger charge is -2.33. The summed E-state index contributed by atoms with van der Waals surface area (Å²) in [7, 11) is 0. The molecular weight excluding hydrogens is 340 g/mol. The second kappa shape index (κ2) is 6.16. The Labute approximate surface area is 158 Å². The predicted octanol–water partition coefficient (Wildman–Crippen LogP) is 4.18. The molecule has 0 radical (unpaired) electrons. The zero-order valence-electron chi connectivity index (χ0n) is 16.3. The summed E-state index contributed by atoms with van der Waals surface area (Å²) < 4.78 is 12.4. The van der Waals surface area contributed by atoms with Gasteiger partial charge in [-0.15, -0.1) is 0 Å². The van der Waals surface area contributed by atoms with Crippen molar-refractivity contribution in [1.82, 2.24) is 15.0 Å². The van der Waals surface area contributed by atoms with Gasteiger partial charge in [-0.25, -0.2) is 15.0 Å². The van der Waals surface area contributed by atoms with E-state index in [-0.39, 0.29) is 5.60 Å². The van der Waals surface area contributed by atoms with E-state index < -0.39 is 0 Å². The molecule has 6 nitrogen and oxygen atoms in total. The van der Waals surface area contributed by atoms with Crippen LogP contribution in [0, 0.1) is 0 Å². The van der Waals surface area contributed by atoms with Gasteiger partial charge in [-0.05, 0) is 38.7 Å². The van der Waals surface area contributed by atoms with Crippen LogP contribution in [-0.2, 0) is 24.2 Å². The molecule has 0 unspecified atom stereocenters. The van der Waals surface area contributed by atoms with Gasteiger partial charge in [0, 0.05) is 25.1 Å². The molecule has 0 bridgehead atoms. The van der Waals surface area contributed by atoms with Crippen molar-refractivity contribution in [3.63, 3.8) is 0 Å². The lowest BCUT2D eigenvalue weighted by Crippen LogP contribution is -2.32. The van der Waals surface area contributed by atoms with Gasteiger partial charge in [-0.3, -0.25) is 0 Å². The SMILES string of the molecule is CCCc1nc2oc3c(N4CCCC4)ncnc3c2c2c1COC(C)(C)C2. The van der Waals surface area contributed by atoms with E-state index in [0.717, 1.165) is 60.3 Å². The van der Waals surface area contributed by atoms with E-state index in [2.05, 4.69) is 35.6 Å². The highest BCUT2D eigenvalue weighted by molar-refractivity contribution is 6.06. The summed E-state index contributed by atoms with van der Waals surface area (Å²) in [5.74, 6) is 0.910. The number of aryl methyl sites for hydroxylation is 1. The molecule has 1 fully saturated rings. The Bertz CT molecular complexity index is 1020. The topological polar surface area (TPSA) is 64.3 Å². The maximum absolute atomic E-state index is 6.30.